The number of fused-ring (bicyclic) bond motifs is 1. The molecular weight excluding hydrogens is 405 g/mol. The van der Waals surface area contributed by atoms with Crippen LogP contribution < -0.4 is 0 Å². The van der Waals surface area contributed by atoms with Gasteiger partial charge in [-0.2, -0.15) is 0 Å². The zero-order valence-electron chi connectivity index (χ0n) is 10.4. The van der Waals surface area contributed by atoms with E-state index in [1.165, 1.54) is 6.08 Å². The van der Waals surface area contributed by atoms with Crippen LogP contribution >= 0.6 is 34.4 Å². The molecule has 0 fully saturated rings. The maximum absolute atomic E-state index is 11.3. The molecule has 2 heterocycles. The van der Waals surface area contributed by atoms with Gasteiger partial charge in [0.2, 0.25) is 0 Å². The highest BCUT2D eigenvalue weighted by atomic mass is 127. The van der Waals surface area contributed by atoms with Crippen molar-refractivity contribution in [3.8, 4) is 0 Å². The van der Waals surface area contributed by atoms with Gasteiger partial charge in [-0.3, -0.25) is 0 Å². The molecule has 1 aromatic carbocycles. The first-order chi connectivity index (χ1) is 10.1. The van der Waals surface area contributed by atoms with Gasteiger partial charge in [-0.15, -0.1) is 0 Å². The van der Waals surface area contributed by atoms with Crippen LogP contribution in [0.3, 0.4) is 0 Å². The van der Waals surface area contributed by atoms with Gasteiger partial charge in [-0.1, -0.05) is 12.1 Å². The van der Waals surface area contributed by atoms with E-state index < -0.39 is 5.97 Å². The normalized spacial score (nSPS) is 12.0. The first kappa shape index (κ1) is 14.2. The molecule has 0 unspecified atom stereocenters. The van der Waals surface area contributed by atoms with Crippen molar-refractivity contribution in [1.29, 1.82) is 0 Å². The van der Waals surface area contributed by atoms with Crippen LogP contribution in [0.25, 0.3) is 17.2 Å². The Hall–Kier alpha value is -1.74. The van der Waals surface area contributed by atoms with Gasteiger partial charge in [0.05, 0.1) is 0 Å². The summed E-state index contributed by atoms with van der Waals surface area (Å²) in [6.07, 6.45) is 1.45. The quantitative estimate of drug-likeness (QED) is 0.392. The topological polar surface area (TPSA) is 76.5 Å². The number of carbonyl (C=O) groups is 1. The SMILES string of the molecule is O=C(O)/C(=C/c1ccc(I)o1)Sc1nc2ccccc2o1. The van der Waals surface area contributed by atoms with Crippen molar-refractivity contribution >= 4 is 57.5 Å². The molecule has 5 nitrogen and oxygen atoms in total. The standard InChI is InChI=1S/C14H8INO4S/c15-12-6-5-8(19-12)7-11(13(17)18)21-14-16-9-3-1-2-4-10(9)20-14/h1-7H,(H,17,18)/b11-7-. The molecule has 0 atom stereocenters. The van der Waals surface area contributed by atoms with E-state index in [2.05, 4.69) is 4.98 Å². The van der Waals surface area contributed by atoms with Gasteiger partial charge in [0.1, 0.15) is 16.2 Å². The molecule has 0 aliphatic rings. The second-order valence-corrected chi connectivity index (χ2v) is 6.06. The smallest absolute Gasteiger partial charge is 0.342 e. The monoisotopic (exact) mass is 413 g/mol. The van der Waals surface area contributed by atoms with Crippen LogP contribution in [0.4, 0.5) is 0 Å². The molecule has 0 radical (unpaired) electrons. The predicted octanol–water partition coefficient (Wildman–Crippen LogP) is 4.24. The molecule has 0 aliphatic carbocycles. The molecule has 0 saturated carbocycles. The summed E-state index contributed by atoms with van der Waals surface area (Å²) in [5.41, 5.74) is 1.31. The van der Waals surface area contributed by atoms with E-state index in [1.54, 1.807) is 18.2 Å². The van der Waals surface area contributed by atoms with Gasteiger partial charge < -0.3 is 13.9 Å². The lowest BCUT2D eigenvalue weighted by molar-refractivity contribution is -0.131. The van der Waals surface area contributed by atoms with Crippen molar-refractivity contribution in [3.63, 3.8) is 0 Å². The number of thioether (sulfide) groups is 1. The molecule has 7 heteroatoms. The van der Waals surface area contributed by atoms with Gasteiger partial charge >= 0.3 is 5.97 Å². The Labute approximate surface area is 137 Å². The average Bonchev–Trinajstić information content (AvgIpc) is 3.03. The van der Waals surface area contributed by atoms with Crippen LogP contribution in [0.15, 0.2) is 55.4 Å². The molecule has 1 N–H and O–H groups in total. The predicted molar refractivity (Wildman–Crippen MR) is 86.9 cm³/mol. The number of hydrogen-bond donors (Lipinski definition) is 1. The molecule has 106 valence electrons. The van der Waals surface area contributed by atoms with E-state index in [9.17, 15) is 9.90 Å². The summed E-state index contributed by atoms with van der Waals surface area (Å²) < 4.78 is 11.5. The van der Waals surface area contributed by atoms with Crippen LogP contribution in [0.1, 0.15) is 5.76 Å². The minimum atomic E-state index is -1.06. The van der Waals surface area contributed by atoms with E-state index in [4.69, 9.17) is 8.83 Å². The summed E-state index contributed by atoms with van der Waals surface area (Å²) in [5, 5.41) is 9.56. The lowest BCUT2D eigenvalue weighted by Crippen LogP contribution is -1.96. The highest BCUT2D eigenvalue weighted by Gasteiger charge is 2.15. The van der Waals surface area contributed by atoms with Gasteiger partial charge in [0.15, 0.2) is 9.35 Å². The van der Waals surface area contributed by atoms with Crippen LogP contribution in [0.2, 0.25) is 0 Å². The van der Waals surface area contributed by atoms with E-state index >= 15 is 0 Å². The molecular formula is C14H8INO4S. The number of carboxylic acid groups (broad SMARTS) is 1. The highest BCUT2D eigenvalue weighted by molar-refractivity contribution is 14.1. The van der Waals surface area contributed by atoms with E-state index in [-0.39, 0.29) is 10.1 Å². The number of benzene rings is 1. The van der Waals surface area contributed by atoms with Crippen molar-refractivity contribution in [3.05, 3.63) is 50.8 Å². The zero-order chi connectivity index (χ0) is 14.8. The number of furan rings is 1. The zero-order valence-corrected chi connectivity index (χ0v) is 13.4. The fraction of sp³-hybridized carbons (Fsp3) is 0. The van der Waals surface area contributed by atoms with Crippen LogP contribution in [-0.4, -0.2) is 16.1 Å². The Balaban J connectivity index is 1.91. The summed E-state index contributed by atoms with van der Waals surface area (Å²) in [6.45, 7) is 0. The number of para-hydroxylation sites is 2. The lowest BCUT2D eigenvalue weighted by Gasteiger charge is -1.96. The largest absolute Gasteiger partial charge is 0.477 e. The van der Waals surface area contributed by atoms with Crippen molar-refractivity contribution < 1.29 is 18.7 Å². The molecule has 21 heavy (non-hydrogen) atoms. The molecule has 0 spiro atoms. The number of nitrogens with zero attached hydrogens (tertiary/aromatic N) is 1. The Kier molecular flexibility index (Phi) is 4.02. The minimum absolute atomic E-state index is 0.0762. The van der Waals surface area contributed by atoms with Crippen LogP contribution in [0.5, 0.6) is 0 Å². The maximum Gasteiger partial charge on any atom is 0.342 e. The van der Waals surface area contributed by atoms with E-state index in [1.807, 2.05) is 40.8 Å². The fourth-order valence-corrected chi connectivity index (χ4v) is 2.82. The molecule has 3 rings (SSSR count). The second-order valence-electron chi connectivity index (χ2n) is 4.01. The van der Waals surface area contributed by atoms with Crippen LogP contribution in [-0.2, 0) is 4.79 Å². The summed E-state index contributed by atoms with van der Waals surface area (Å²) in [4.78, 5) is 15.6. The number of carboxylic acids is 1. The van der Waals surface area contributed by atoms with Crippen molar-refractivity contribution in [2.24, 2.45) is 0 Å². The number of aromatic nitrogens is 1. The highest BCUT2D eigenvalue weighted by Crippen LogP contribution is 2.30. The third-order valence-electron chi connectivity index (χ3n) is 2.55. The number of halogens is 1. The Morgan fingerprint density at radius 1 is 1.24 bits per heavy atom. The maximum atomic E-state index is 11.3. The minimum Gasteiger partial charge on any atom is -0.477 e. The fourth-order valence-electron chi connectivity index (χ4n) is 1.66. The lowest BCUT2D eigenvalue weighted by atomic mass is 10.3. The molecule has 3 aromatic rings. The average molecular weight is 413 g/mol. The molecule has 0 aliphatic heterocycles. The molecule has 0 saturated heterocycles. The number of aliphatic carboxylic acids is 1. The first-order valence-electron chi connectivity index (χ1n) is 5.85. The van der Waals surface area contributed by atoms with Gasteiger partial charge in [0, 0.05) is 6.08 Å². The molecule has 2 aromatic heterocycles. The number of oxazole rings is 1. The van der Waals surface area contributed by atoms with E-state index in [0.717, 1.165) is 11.8 Å². The van der Waals surface area contributed by atoms with Crippen LogP contribution in [0, 0.1) is 3.77 Å². The van der Waals surface area contributed by atoms with Gasteiger partial charge in [0.25, 0.3) is 5.22 Å². The third kappa shape index (κ3) is 3.30. The van der Waals surface area contributed by atoms with Gasteiger partial charge in [-0.05, 0) is 58.6 Å². The third-order valence-corrected chi connectivity index (χ3v) is 3.99. The number of hydrogen-bond acceptors (Lipinski definition) is 5. The Morgan fingerprint density at radius 3 is 2.71 bits per heavy atom. The van der Waals surface area contributed by atoms with Crippen molar-refractivity contribution in [2.45, 2.75) is 5.22 Å². The van der Waals surface area contributed by atoms with Crippen molar-refractivity contribution in [2.75, 3.05) is 0 Å². The number of rotatable bonds is 4. The summed E-state index contributed by atoms with van der Waals surface area (Å²) in [7, 11) is 0. The Bertz CT molecular complexity index is 803. The summed E-state index contributed by atoms with van der Waals surface area (Å²) in [6, 6.07) is 10.7. The Morgan fingerprint density at radius 2 is 2.05 bits per heavy atom. The van der Waals surface area contributed by atoms with E-state index in [0.29, 0.717) is 20.6 Å². The molecule has 0 amide bonds. The summed E-state index contributed by atoms with van der Waals surface area (Å²) in [5.74, 6) is -0.589. The van der Waals surface area contributed by atoms with Crippen molar-refractivity contribution in [1.82, 2.24) is 4.98 Å². The summed E-state index contributed by atoms with van der Waals surface area (Å²) >= 11 is 2.96. The molecule has 0 bridgehead atoms. The first-order valence-corrected chi connectivity index (χ1v) is 7.75. The second kappa shape index (κ2) is 5.94. The van der Waals surface area contributed by atoms with Gasteiger partial charge in [-0.25, -0.2) is 9.78 Å².